The van der Waals surface area contributed by atoms with Crippen molar-refractivity contribution in [2.45, 2.75) is 11.5 Å². The second-order valence-electron chi connectivity index (χ2n) is 5.39. The fourth-order valence-corrected chi connectivity index (χ4v) is 4.15. The smallest absolute Gasteiger partial charge is 0.267 e. The van der Waals surface area contributed by atoms with Gasteiger partial charge >= 0.3 is 0 Å². The molecule has 1 aromatic heterocycles. The molecule has 0 unspecified atom stereocenters. The second-order valence-corrected chi connectivity index (χ2v) is 7.99. The van der Waals surface area contributed by atoms with Crippen LogP contribution in [-0.4, -0.2) is 19.4 Å². The van der Waals surface area contributed by atoms with Crippen molar-refractivity contribution in [3.63, 3.8) is 0 Å². The summed E-state index contributed by atoms with van der Waals surface area (Å²) < 4.78 is 27.3. The minimum absolute atomic E-state index is 0.0788. The van der Waals surface area contributed by atoms with Gasteiger partial charge in [-0.3, -0.25) is 9.52 Å². The topological polar surface area (TPSA) is 95.5 Å². The lowest BCUT2D eigenvalue weighted by Gasteiger charge is -2.09. The summed E-state index contributed by atoms with van der Waals surface area (Å²) in [6.45, 7) is -0.0788. The molecule has 0 aliphatic rings. The molecule has 26 heavy (non-hydrogen) atoms. The van der Waals surface area contributed by atoms with Gasteiger partial charge in [0.2, 0.25) is 0 Å². The molecule has 1 amide bonds. The number of hydrogen-bond acceptors (Lipinski definition) is 5. The van der Waals surface area contributed by atoms with E-state index in [2.05, 4.69) is 10.0 Å². The highest BCUT2D eigenvalue weighted by Gasteiger charge is 2.20. The van der Waals surface area contributed by atoms with Crippen molar-refractivity contribution in [3.05, 3.63) is 76.5 Å². The first-order valence-electron chi connectivity index (χ1n) is 7.66. The molecule has 0 saturated heterocycles. The Morgan fingerprint density at radius 1 is 1.00 bits per heavy atom. The molecule has 0 atom stereocenters. The summed E-state index contributed by atoms with van der Waals surface area (Å²) in [6, 6.07) is 16.2. The van der Waals surface area contributed by atoms with Gasteiger partial charge in [0.25, 0.3) is 15.9 Å². The van der Waals surface area contributed by atoms with Crippen molar-refractivity contribution < 1.29 is 18.3 Å². The number of carbonyl (C=O) groups excluding carboxylic acids is 1. The summed E-state index contributed by atoms with van der Waals surface area (Å²) in [5.41, 5.74) is 1.51. The van der Waals surface area contributed by atoms with Crippen molar-refractivity contribution in [1.82, 2.24) is 0 Å². The van der Waals surface area contributed by atoms with Crippen molar-refractivity contribution >= 4 is 38.6 Å². The molecule has 1 heterocycles. The van der Waals surface area contributed by atoms with Crippen LogP contribution in [0.3, 0.4) is 0 Å². The van der Waals surface area contributed by atoms with E-state index in [1.54, 1.807) is 53.9 Å². The number of nitrogens with one attached hydrogen (secondary N) is 2. The van der Waals surface area contributed by atoms with Crippen molar-refractivity contribution in [2.24, 2.45) is 0 Å². The van der Waals surface area contributed by atoms with Crippen LogP contribution in [0.25, 0.3) is 0 Å². The van der Waals surface area contributed by atoms with E-state index in [0.717, 1.165) is 16.9 Å². The number of anilines is 2. The zero-order chi connectivity index (χ0) is 18.6. The van der Waals surface area contributed by atoms with Crippen LogP contribution in [-0.2, 0) is 16.6 Å². The molecule has 2 aromatic carbocycles. The molecule has 0 spiro atoms. The van der Waals surface area contributed by atoms with Crippen LogP contribution in [0.4, 0.5) is 11.4 Å². The molecule has 3 rings (SSSR count). The van der Waals surface area contributed by atoms with E-state index >= 15 is 0 Å². The Bertz CT molecular complexity index is 997. The van der Waals surface area contributed by atoms with Gasteiger partial charge in [-0.05, 0) is 41.3 Å². The predicted molar refractivity (Wildman–Crippen MR) is 102 cm³/mol. The Labute approximate surface area is 155 Å². The average molecular weight is 388 g/mol. The van der Waals surface area contributed by atoms with Crippen LogP contribution >= 0.6 is 11.3 Å². The highest BCUT2D eigenvalue weighted by Crippen LogP contribution is 2.26. The molecule has 0 aliphatic heterocycles. The van der Waals surface area contributed by atoms with Crippen molar-refractivity contribution in [3.8, 4) is 0 Å². The monoisotopic (exact) mass is 388 g/mol. The molecule has 0 bridgehead atoms. The number of thiophene rings is 1. The van der Waals surface area contributed by atoms with Gasteiger partial charge in [-0.1, -0.05) is 30.3 Å². The van der Waals surface area contributed by atoms with Gasteiger partial charge < -0.3 is 10.4 Å². The van der Waals surface area contributed by atoms with Crippen LogP contribution in [0.5, 0.6) is 0 Å². The first-order chi connectivity index (χ1) is 12.5. The Morgan fingerprint density at radius 3 is 2.35 bits per heavy atom. The summed E-state index contributed by atoms with van der Waals surface area (Å²) in [5.74, 6) is -0.414. The third kappa shape index (κ3) is 4.10. The third-order valence-corrected chi connectivity index (χ3v) is 5.86. The lowest BCUT2D eigenvalue weighted by atomic mass is 10.2. The SMILES string of the molecule is O=C(Nc1ccc(CO)cc1)c1sccc1NS(=O)(=O)c1ccccc1. The molecule has 6 nitrogen and oxygen atoms in total. The number of rotatable bonds is 6. The molecule has 0 aliphatic carbocycles. The summed E-state index contributed by atoms with van der Waals surface area (Å²) in [4.78, 5) is 12.9. The van der Waals surface area contributed by atoms with E-state index in [4.69, 9.17) is 5.11 Å². The van der Waals surface area contributed by atoms with Gasteiger partial charge in [-0.15, -0.1) is 11.3 Å². The second kappa shape index (κ2) is 7.69. The summed E-state index contributed by atoms with van der Waals surface area (Å²) >= 11 is 1.14. The molecule has 3 aromatic rings. The standard InChI is InChI=1S/C18H16N2O4S2/c21-12-13-6-8-14(9-7-13)19-18(22)17-16(10-11-25-17)20-26(23,24)15-4-2-1-3-5-15/h1-11,20-21H,12H2,(H,19,22). The van der Waals surface area contributed by atoms with Crippen LogP contribution in [0.2, 0.25) is 0 Å². The minimum Gasteiger partial charge on any atom is -0.392 e. The first kappa shape index (κ1) is 18.1. The van der Waals surface area contributed by atoms with E-state index in [9.17, 15) is 13.2 Å². The van der Waals surface area contributed by atoms with E-state index < -0.39 is 15.9 Å². The number of sulfonamides is 1. The van der Waals surface area contributed by atoms with Gasteiger partial charge in [0.05, 0.1) is 17.2 Å². The number of amides is 1. The Hall–Kier alpha value is -2.68. The van der Waals surface area contributed by atoms with Crippen LogP contribution in [0.1, 0.15) is 15.2 Å². The molecule has 0 saturated carbocycles. The maximum absolute atomic E-state index is 12.5. The molecular weight excluding hydrogens is 372 g/mol. The largest absolute Gasteiger partial charge is 0.392 e. The zero-order valence-corrected chi connectivity index (χ0v) is 15.2. The molecule has 0 radical (unpaired) electrons. The summed E-state index contributed by atoms with van der Waals surface area (Å²) in [6.07, 6.45) is 0. The molecule has 134 valence electrons. The number of carbonyl (C=O) groups is 1. The van der Waals surface area contributed by atoms with Crippen molar-refractivity contribution in [2.75, 3.05) is 10.0 Å². The van der Waals surface area contributed by atoms with Gasteiger partial charge in [-0.25, -0.2) is 8.42 Å². The summed E-state index contributed by atoms with van der Waals surface area (Å²) in [5, 5.41) is 13.4. The van der Waals surface area contributed by atoms with Gasteiger partial charge in [-0.2, -0.15) is 0 Å². The Balaban J connectivity index is 1.78. The van der Waals surface area contributed by atoms with E-state index in [0.29, 0.717) is 5.69 Å². The Kier molecular flexibility index (Phi) is 5.36. The maximum Gasteiger partial charge on any atom is 0.267 e. The number of benzene rings is 2. The molecule has 0 fully saturated rings. The lowest BCUT2D eigenvalue weighted by molar-refractivity contribution is 0.103. The number of aliphatic hydroxyl groups is 1. The Morgan fingerprint density at radius 2 is 1.69 bits per heavy atom. The molecule has 3 N–H and O–H groups in total. The summed E-state index contributed by atoms with van der Waals surface area (Å²) in [7, 11) is -3.77. The zero-order valence-electron chi connectivity index (χ0n) is 13.5. The minimum atomic E-state index is -3.77. The van der Waals surface area contributed by atoms with Gasteiger partial charge in [0.1, 0.15) is 4.88 Å². The van der Waals surface area contributed by atoms with E-state index in [1.807, 2.05) is 0 Å². The highest BCUT2D eigenvalue weighted by molar-refractivity contribution is 7.92. The van der Waals surface area contributed by atoms with Crippen LogP contribution < -0.4 is 10.0 Å². The van der Waals surface area contributed by atoms with Crippen LogP contribution in [0.15, 0.2) is 70.9 Å². The first-order valence-corrected chi connectivity index (χ1v) is 10.0. The highest BCUT2D eigenvalue weighted by atomic mass is 32.2. The van der Waals surface area contributed by atoms with Gasteiger partial charge in [0.15, 0.2) is 0 Å². The van der Waals surface area contributed by atoms with Crippen molar-refractivity contribution in [1.29, 1.82) is 0 Å². The van der Waals surface area contributed by atoms with Crippen LogP contribution in [0, 0.1) is 0 Å². The normalized spacial score (nSPS) is 11.1. The lowest BCUT2D eigenvalue weighted by Crippen LogP contribution is -2.17. The molecular formula is C18H16N2O4S2. The number of aliphatic hydroxyl groups excluding tert-OH is 1. The predicted octanol–water partition coefficient (Wildman–Crippen LogP) is 3.29. The average Bonchev–Trinajstić information content (AvgIpc) is 3.10. The third-order valence-electron chi connectivity index (χ3n) is 3.56. The van der Waals surface area contributed by atoms with Gasteiger partial charge in [0, 0.05) is 5.69 Å². The quantitative estimate of drug-likeness (QED) is 0.604. The maximum atomic E-state index is 12.5. The van der Waals surface area contributed by atoms with E-state index in [1.165, 1.54) is 12.1 Å². The van der Waals surface area contributed by atoms with E-state index in [-0.39, 0.29) is 22.1 Å². The number of hydrogen-bond donors (Lipinski definition) is 3. The fourth-order valence-electron chi connectivity index (χ4n) is 2.25. The fraction of sp³-hybridized carbons (Fsp3) is 0.0556. The molecule has 8 heteroatoms.